The minimum absolute atomic E-state index is 0.315. The van der Waals surface area contributed by atoms with Crippen LogP contribution < -0.4 is 10.6 Å². The lowest BCUT2D eigenvalue weighted by Gasteiger charge is -2.15. The normalized spacial score (nSPS) is 11.7. The summed E-state index contributed by atoms with van der Waals surface area (Å²) in [5, 5.41) is 5.46. The van der Waals surface area contributed by atoms with Gasteiger partial charge in [0, 0.05) is 12.1 Å². The van der Waals surface area contributed by atoms with E-state index < -0.39 is 0 Å². The summed E-state index contributed by atoms with van der Waals surface area (Å²) in [6.07, 6.45) is 0. The highest BCUT2D eigenvalue weighted by atomic mass is 19.1. The van der Waals surface area contributed by atoms with E-state index in [9.17, 15) is 9.18 Å². The van der Waals surface area contributed by atoms with Gasteiger partial charge in [0.05, 0.1) is 6.04 Å². The molecule has 2 amide bonds. The molecule has 104 valence electrons. The monoisotopic (exact) mass is 272 g/mol. The van der Waals surface area contributed by atoms with E-state index in [0.717, 1.165) is 5.56 Å². The van der Waals surface area contributed by atoms with Gasteiger partial charge in [-0.2, -0.15) is 0 Å². The fourth-order valence-electron chi connectivity index (χ4n) is 1.93. The van der Waals surface area contributed by atoms with Gasteiger partial charge in [-0.25, -0.2) is 9.18 Å². The summed E-state index contributed by atoms with van der Waals surface area (Å²) in [6.45, 7) is 2.19. The van der Waals surface area contributed by atoms with E-state index in [-0.39, 0.29) is 17.9 Å². The van der Waals surface area contributed by atoms with Crippen LogP contribution in [0.15, 0.2) is 54.6 Å². The first-order valence-electron chi connectivity index (χ1n) is 6.49. The van der Waals surface area contributed by atoms with E-state index in [1.807, 2.05) is 30.3 Å². The first-order valence-corrected chi connectivity index (χ1v) is 6.49. The Labute approximate surface area is 117 Å². The third kappa shape index (κ3) is 3.82. The van der Waals surface area contributed by atoms with E-state index in [1.165, 1.54) is 6.07 Å². The van der Waals surface area contributed by atoms with Crippen molar-refractivity contribution in [2.24, 2.45) is 0 Å². The van der Waals surface area contributed by atoms with Crippen molar-refractivity contribution in [2.45, 2.75) is 19.5 Å². The van der Waals surface area contributed by atoms with Crippen LogP contribution in [-0.2, 0) is 6.54 Å². The van der Waals surface area contributed by atoms with Crippen LogP contribution in [0.5, 0.6) is 0 Å². The van der Waals surface area contributed by atoms with Crippen molar-refractivity contribution in [2.75, 3.05) is 0 Å². The Morgan fingerprint density at radius 2 is 1.75 bits per heavy atom. The predicted molar refractivity (Wildman–Crippen MR) is 76.6 cm³/mol. The van der Waals surface area contributed by atoms with Crippen LogP contribution in [0.4, 0.5) is 9.18 Å². The molecule has 1 unspecified atom stereocenters. The number of carbonyl (C=O) groups is 1. The van der Waals surface area contributed by atoms with Gasteiger partial charge in [-0.05, 0) is 18.6 Å². The van der Waals surface area contributed by atoms with Gasteiger partial charge in [-0.15, -0.1) is 0 Å². The number of urea groups is 1. The molecule has 2 rings (SSSR count). The second kappa shape index (κ2) is 6.70. The molecule has 0 saturated carbocycles. The summed E-state index contributed by atoms with van der Waals surface area (Å²) in [7, 11) is 0. The molecule has 0 aliphatic carbocycles. The largest absolute Gasteiger partial charge is 0.334 e. The van der Waals surface area contributed by atoms with Crippen molar-refractivity contribution in [3.8, 4) is 0 Å². The minimum atomic E-state index is -0.382. The van der Waals surface area contributed by atoms with Crippen LogP contribution in [-0.4, -0.2) is 6.03 Å². The molecule has 3 nitrogen and oxygen atoms in total. The quantitative estimate of drug-likeness (QED) is 0.880. The SMILES string of the molecule is CC(NC(=O)NCc1ccccc1)c1ccccc1F. The van der Waals surface area contributed by atoms with Crippen LogP contribution in [0.3, 0.4) is 0 Å². The number of hydrogen-bond donors (Lipinski definition) is 2. The van der Waals surface area contributed by atoms with Crippen molar-refractivity contribution in [1.82, 2.24) is 10.6 Å². The van der Waals surface area contributed by atoms with Crippen LogP contribution in [0.1, 0.15) is 24.1 Å². The average Bonchev–Trinajstić information content (AvgIpc) is 2.46. The third-order valence-corrected chi connectivity index (χ3v) is 3.02. The number of benzene rings is 2. The molecule has 4 heteroatoms. The molecule has 2 N–H and O–H groups in total. The molecule has 0 heterocycles. The van der Waals surface area contributed by atoms with E-state index in [2.05, 4.69) is 10.6 Å². The average molecular weight is 272 g/mol. The first kappa shape index (κ1) is 14.1. The maximum absolute atomic E-state index is 13.6. The van der Waals surface area contributed by atoms with Gasteiger partial charge in [0.15, 0.2) is 0 Å². The second-order valence-corrected chi connectivity index (χ2v) is 4.56. The number of amides is 2. The standard InChI is InChI=1S/C16H17FN2O/c1-12(14-9-5-6-10-15(14)17)19-16(20)18-11-13-7-3-2-4-8-13/h2-10,12H,11H2,1H3,(H2,18,19,20). The zero-order valence-corrected chi connectivity index (χ0v) is 11.3. The number of nitrogens with one attached hydrogen (secondary N) is 2. The van der Waals surface area contributed by atoms with Crippen molar-refractivity contribution < 1.29 is 9.18 Å². The maximum atomic E-state index is 13.6. The molecular formula is C16H17FN2O. The molecule has 0 bridgehead atoms. The van der Waals surface area contributed by atoms with Crippen molar-refractivity contribution >= 4 is 6.03 Å². The molecule has 20 heavy (non-hydrogen) atoms. The highest BCUT2D eigenvalue weighted by molar-refractivity contribution is 5.74. The summed E-state index contributed by atoms with van der Waals surface area (Å²) < 4.78 is 13.6. The molecule has 2 aromatic carbocycles. The first-order chi connectivity index (χ1) is 9.66. The molecule has 0 aliphatic rings. The fraction of sp³-hybridized carbons (Fsp3) is 0.188. The van der Waals surface area contributed by atoms with E-state index in [4.69, 9.17) is 0 Å². The zero-order chi connectivity index (χ0) is 14.4. The van der Waals surface area contributed by atoms with Crippen LogP contribution in [0, 0.1) is 5.82 Å². The van der Waals surface area contributed by atoms with Crippen LogP contribution >= 0.6 is 0 Å². The van der Waals surface area contributed by atoms with Gasteiger partial charge in [-0.1, -0.05) is 48.5 Å². The molecule has 2 aromatic rings. The lowest BCUT2D eigenvalue weighted by Crippen LogP contribution is -2.36. The maximum Gasteiger partial charge on any atom is 0.315 e. The Morgan fingerprint density at radius 1 is 1.10 bits per heavy atom. The van der Waals surface area contributed by atoms with Gasteiger partial charge in [0.25, 0.3) is 0 Å². The Bertz CT molecular complexity index is 572. The third-order valence-electron chi connectivity index (χ3n) is 3.02. The van der Waals surface area contributed by atoms with Gasteiger partial charge < -0.3 is 10.6 Å². The summed E-state index contributed by atoms with van der Waals surface area (Å²) in [4.78, 5) is 11.8. The van der Waals surface area contributed by atoms with E-state index in [1.54, 1.807) is 25.1 Å². The Hall–Kier alpha value is -2.36. The molecule has 0 aliphatic heterocycles. The molecule has 0 spiro atoms. The minimum Gasteiger partial charge on any atom is -0.334 e. The van der Waals surface area contributed by atoms with Gasteiger partial charge >= 0.3 is 6.03 Å². The molecule has 0 fully saturated rings. The fourth-order valence-corrected chi connectivity index (χ4v) is 1.93. The highest BCUT2D eigenvalue weighted by Crippen LogP contribution is 2.15. The van der Waals surface area contributed by atoms with Crippen molar-refractivity contribution in [3.63, 3.8) is 0 Å². The lowest BCUT2D eigenvalue weighted by molar-refractivity contribution is 0.237. The smallest absolute Gasteiger partial charge is 0.315 e. The zero-order valence-electron chi connectivity index (χ0n) is 11.3. The number of halogens is 1. The highest BCUT2D eigenvalue weighted by Gasteiger charge is 2.12. The molecule has 0 saturated heterocycles. The summed E-state index contributed by atoms with van der Waals surface area (Å²) in [5.41, 5.74) is 1.49. The number of carbonyl (C=O) groups excluding carboxylic acids is 1. The summed E-state index contributed by atoms with van der Waals surface area (Å²) in [6, 6.07) is 15.3. The van der Waals surface area contributed by atoms with Crippen LogP contribution in [0.2, 0.25) is 0 Å². The summed E-state index contributed by atoms with van der Waals surface area (Å²) in [5.74, 6) is -0.316. The van der Waals surface area contributed by atoms with Crippen molar-refractivity contribution in [1.29, 1.82) is 0 Å². The topological polar surface area (TPSA) is 41.1 Å². The lowest BCUT2D eigenvalue weighted by atomic mass is 10.1. The predicted octanol–water partition coefficient (Wildman–Crippen LogP) is 3.39. The Morgan fingerprint density at radius 3 is 2.45 bits per heavy atom. The second-order valence-electron chi connectivity index (χ2n) is 4.56. The van der Waals surface area contributed by atoms with Gasteiger partial charge in [0.2, 0.25) is 0 Å². The number of rotatable bonds is 4. The summed E-state index contributed by atoms with van der Waals surface area (Å²) >= 11 is 0. The van der Waals surface area contributed by atoms with Crippen LogP contribution in [0.25, 0.3) is 0 Å². The van der Waals surface area contributed by atoms with Gasteiger partial charge in [-0.3, -0.25) is 0 Å². The number of hydrogen-bond acceptors (Lipinski definition) is 1. The molecule has 0 radical (unpaired) electrons. The van der Waals surface area contributed by atoms with E-state index >= 15 is 0 Å². The molecular weight excluding hydrogens is 255 g/mol. The Kier molecular flexibility index (Phi) is 4.71. The van der Waals surface area contributed by atoms with Crippen molar-refractivity contribution in [3.05, 3.63) is 71.5 Å². The Balaban J connectivity index is 1.87. The van der Waals surface area contributed by atoms with Gasteiger partial charge in [0.1, 0.15) is 5.82 Å². The van der Waals surface area contributed by atoms with E-state index in [0.29, 0.717) is 12.1 Å². The molecule has 1 atom stereocenters. The molecule has 0 aromatic heterocycles.